The van der Waals surface area contributed by atoms with Gasteiger partial charge in [0.15, 0.2) is 5.60 Å². The van der Waals surface area contributed by atoms with E-state index in [0.29, 0.717) is 6.54 Å². The van der Waals surface area contributed by atoms with Crippen LogP contribution in [0, 0.1) is 23.2 Å². The molecule has 2 N–H and O–H groups in total. The number of rotatable bonds is 1. The third-order valence-corrected chi connectivity index (χ3v) is 3.93. The molecule has 0 bridgehead atoms. The molecule has 1 aliphatic rings. The maximum Gasteiger partial charge on any atom is 0.159 e. The van der Waals surface area contributed by atoms with Gasteiger partial charge in [0.25, 0.3) is 0 Å². The van der Waals surface area contributed by atoms with Crippen LogP contribution in [0.4, 0.5) is 0 Å². The standard InChI is InChI=1S/C14H18N2O/c1-10-8-16-13(11(2)14(10,17)9-15)12-6-4-3-5-7-12/h3-7,10-11,13,16-17H,8H2,1-2H3/t10-,11-,13+,14+/m1/s1. The van der Waals surface area contributed by atoms with Crippen molar-refractivity contribution in [3.8, 4) is 6.07 Å². The van der Waals surface area contributed by atoms with Crippen LogP contribution >= 0.6 is 0 Å². The number of nitrogens with zero attached hydrogens (tertiary/aromatic N) is 1. The predicted octanol–water partition coefficient (Wildman–Crippen LogP) is 1.86. The van der Waals surface area contributed by atoms with Gasteiger partial charge in [-0.3, -0.25) is 0 Å². The Labute approximate surface area is 102 Å². The summed E-state index contributed by atoms with van der Waals surface area (Å²) in [6.07, 6.45) is 0. The smallest absolute Gasteiger partial charge is 0.159 e. The van der Waals surface area contributed by atoms with E-state index in [-0.39, 0.29) is 17.9 Å². The van der Waals surface area contributed by atoms with E-state index in [4.69, 9.17) is 0 Å². The van der Waals surface area contributed by atoms with Crippen LogP contribution in [0.5, 0.6) is 0 Å². The second-order valence-electron chi connectivity index (χ2n) is 4.92. The minimum atomic E-state index is -1.24. The number of hydrogen-bond donors (Lipinski definition) is 2. The molecule has 1 aromatic rings. The SMILES string of the molecule is C[C@@H]1CN[C@H](c2ccccc2)[C@@H](C)[C@]1(O)C#N. The van der Waals surface area contributed by atoms with Gasteiger partial charge in [-0.2, -0.15) is 5.26 Å². The van der Waals surface area contributed by atoms with Gasteiger partial charge < -0.3 is 10.4 Å². The van der Waals surface area contributed by atoms with Crippen LogP contribution in [0.2, 0.25) is 0 Å². The molecule has 2 rings (SSSR count). The molecule has 0 spiro atoms. The first-order valence-electron chi connectivity index (χ1n) is 6.01. The monoisotopic (exact) mass is 230 g/mol. The molecular weight excluding hydrogens is 212 g/mol. The lowest BCUT2D eigenvalue weighted by Crippen LogP contribution is -2.55. The molecule has 1 saturated heterocycles. The van der Waals surface area contributed by atoms with E-state index in [2.05, 4.69) is 11.4 Å². The maximum atomic E-state index is 10.4. The first kappa shape index (κ1) is 12.1. The molecule has 0 radical (unpaired) electrons. The minimum absolute atomic E-state index is 0.0389. The van der Waals surface area contributed by atoms with Crippen LogP contribution in [0.25, 0.3) is 0 Å². The van der Waals surface area contributed by atoms with Gasteiger partial charge in [0.1, 0.15) is 0 Å². The quantitative estimate of drug-likeness (QED) is 0.724. The van der Waals surface area contributed by atoms with Gasteiger partial charge in [0.2, 0.25) is 0 Å². The predicted molar refractivity (Wildman–Crippen MR) is 66.1 cm³/mol. The zero-order valence-corrected chi connectivity index (χ0v) is 10.2. The summed E-state index contributed by atoms with van der Waals surface area (Å²) < 4.78 is 0. The highest BCUT2D eigenvalue weighted by Crippen LogP contribution is 2.38. The second-order valence-corrected chi connectivity index (χ2v) is 4.92. The van der Waals surface area contributed by atoms with E-state index < -0.39 is 5.60 Å². The number of benzene rings is 1. The molecule has 3 nitrogen and oxygen atoms in total. The van der Waals surface area contributed by atoms with Crippen molar-refractivity contribution in [2.24, 2.45) is 11.8 Å². The zero-order chi connectivity index (χ0) is 12.5. The molecular formula is C14H18N2O. The van der Waals surface area contributed by atoms with Crippen molar-refractivity contribution in [2.75, 3.05) is 6.54 Å². The van der Waals surface area contributed by atoms with Crippen molar-refractivity contribution < 1.29 is 5.11 Å². The molecule has 1 aromatic carbocycles. The van der Waals surface area contributed by atoms with E-state index >= 15 is 0 Å². The van der Waals surface area contributed by atoms with Crippen molar-refractivity contribution in [1.82, 2.24) is 5.32 Å². The Kier molecular flexibility index (Phi) is 3.19. The molecule has 4 atom stereocenters. The molecule has 0 amide bonds. The Bertz CT molecular complexity index is 426. The van der Waals surface area contributed by atoms with E-state index in [1.807, 2.05) is 44.2 Å². The van der Waals surface area contributed by atoms with Gasteiger partial charge in [-0.15, -0.1) is 0 Å². The highest BCUT2D eigenvalue weighted by Gasteiger charge is 2.47. The second kappa shape index (κ2) is 4.48. The maximum absolute atomic E-state index is 10.4. The average molecular weight is 230 g/mol. The van der Waals surface area contributed by atoms with Gasteiger partial charge in [0.05, 0.1) is 6.07 Å². The van der Waals surface area contributed by atoms with Crippen molar-refractivity contribution in [1.29, 1.82) is 5.26 Å². The van der Waals surface area contributed by atoms with Crippen LogP contribution in [0.3, 0.4) is 0 Å². The van der Waals surface area contributed by atoms with Crippen molar-refractivity contribution in [3.05, 3.63) is 35.9 Å². The molecule has 0 aliphatic carbocycles. The third kappa shape index (κ3) is 1.95. The lowest BCUT2D eigenvalue weighted by molar-refractivity contribution is -0.0446. The van der Waals surface area contributed by atoms with Crippen LogP contribution in [0.1, 0.15) is 25.5 Å². The van der Waals surface area contributed by atoms with E-state index in [1.165, 1.54) is 0 Å². The van der Waals surface area contributed by atoms with Crippen LogP contribution in [-0.2, 0) is 0 Å². The Morgan fingerprint density at radius 2 is 2.00 bits per heavy atom. The fourth-order valence-corrected chi connectivity index (χ4v) is 2.62. The van der Waals surface area contributed by atoms with Crippen molar-refractivity contribution in [3.63, 3.8) is 0 Å². The Balaban J connectivity index is 2.31. The van der Waals surface area contributed by atoms with Gasteiger partial charge in [-0.05, 0) is 5.56 Å². The molecule has 1 heterocycles. The van der Waals surface area contributed by atoms with Gasteiger partial charge in [-0.1, -0.05) is 44.2 Å². The topological polar surface area (TPSA) is 56.0 Å². The fraction of sp³-hybridized carbons (Fsp3) is 0.500. The normalized spacial score (nSPS) is 37.4. The summed E-state index contributed by atoms with van der Waals surface area (Å²) in [4.78, 5) is 0. The summed E-state index contributed by atoms with van der Waals surface area (Å²) >= 11 is 0. The number of aliphatic hydroxyl groups is 1. The highest BCUT2D eigenvalue weighted by atomic mass is 16.3. The zero-order valence-electron chi connectivity index (χ0n) is 10.2. The molecule has 3 heteroatoms. The highest BCUT2D eigenvalue weighted by molar-refractivity contribution is 5.24. The van der Waals surface area contributed by atoms with Crippen LogP contribution in [-0.4, -0.2) is 17.3 Å². The molecule has 0 aromatic heterocycles. The Morgan fingerprint density at radius 3 is 2.59 bits per heavy atom. The molecule has 0 unspecified atom stereocenters. The first-order valence-corrected chi connectivity index (χ1v) is 6.01. The summed E-state index contributed by atoms with van der Waals surface area (Å²) in [5.74, 6) is -0.180. The van der Waals surface area contributed by atoms with Gasteiger partial charge in [-0.25, -0.2) is 0 Å². The number of nitriles is 1. The number of nitrogens with one attached hydrogen (secondary N) is 1. The summed E-state index contributed by atoms with van der Waals surface area (Å²) in [7, 11) is 0. The molecule has 0 saturated carbocycles. The number of piperidine rings is 1. The Hall–Kier alpha value is -1.37. The summed E-state index contributed by atoms with van der Waals surface area (Å²) in [6, 6.07) is 12.1. The Morgan fingerprint density at radius 1 is 1.35 bits per heavy atom. The lowest BCUT2D eigenvalue weighted by Gasteiger charge is -2.43. The summed E-state index contributed by atoms with van der Waals surface area (Å²) in [5.41, 5.74) is -0.119. The molecule has 1 fully saturated rings. The first-order chi connectivity index (χ1) is 8.09. The van der Waals surface area contributed by atoms with Crippen molar-refractivity contribution in [2.45, 2.75) is 25.5 Å². The molecule has 90 valence electrons. The van der Waals surface area contributed by atoms with Gasteiger partial charge in [0, 0.05) is 24.4 Å². The minimum Gasteiger partial charge on any atom is -0.375 e. The summed E-state index contributed by atoms with van der Waals surface area (Å²) in [6.45, 7) is 4.51. The van der Waals surface area contributed by atoms with Gasteiger partial charge >= 0.3 is 0 Å². The van der Waals surface area contributed by atoms with Crippen molar-refractivity contribution >= 4 is 0 Å². The van der Waals surface area contributed by atoms with Crippen LogP contribution < -0.4 is 5.32 Å². The summed E-state index contributed by atoms with van der Waals surface area (Å²) in [5, 5.41) is 23.1. The third-order valence-electron chi connectivity index (χ3n) is 3.93. The van der Waals surface area contributed by atoms with Crippen LogP contribution in [0.15, 0.2) is 30.3 Å². The fourth-order valence-electron chi connectivity index (χ4n) is 2.62. The van der Waals surface area contributed by atoms with E-state index in [0.717, 1.165) is 5.56 Å². The average Bonchev–Trinajstić information content (AvgIpc) is 2.37. The van der Waals surface area contributed by atoms with E-state index in [1.54, 1.807) is 0 Å². The number of hydrogen-bond acceptors (Lipinski definition) is 3. The largest absolute Gasteiger partial charge is 0.375 e. The molecule has 17 heavy (non-hydrogen) atoms. The molecule has 1 aliphatic heterocycles. The lowest BCUT2D eigenvalue weighted by atomic mass is 9.71. The van der Waals surface area contributed by atoms with E-state index in [9.17, 15) is 10.4 Å².